The molecule has 1 amide bonds. The number of fused-ring (bicyclic) bond motifs is 3. The zero-order valence-electron chi connectivity index (χ0n) is 17.6. The molecule has 0 unspecified atom stereocenters. The van der Waals surface area contributed by atoms with Gasteiger partial charge in [0.05, 0.1) is 23.2 Å². The second-order valence-electron chi connectivity index (χ2n) is 8.62. The fourth-order valence-electron chi connectivity index (χ4n) is 3.69. The summed E-state index contributed by atoms with van der Waals surface area (Å²) in [5.74, 6) is 0.797. The van der Waals surface area contributed by atoms with Gasteiger partial charge in [0.25, 0.3) is 5.91 Å². The molecule has 1 aliphatic heterocycles. The van der Waals surface area contributed by atoms with Crippen molar-refractivity contribution in [3.05, 3.63) is 46.6 Å². The zero-order valence-corrected chi connectivity index (χ0v) is 18.4. The minimum atomic E-state index is -0.179. The van der Waals surface area contributed by atoms with E-state index in [0.29, 0.717) is 30.2 Å². The Bertz CT molecular complexity index is 1110. The number of aromatic nitrogens is 2. The van der Waals surface area contributed by atoms with Crippen molar-refractivity contribution < 1.29 is 14.3 Å². The molecule has 6 nitrogen and oxygen atoms in total. The molecule has 3 heterocycles. The minimum Gasteiger partial charge on any atom is -0.496 e. The molecule has 0 radical (unpaired) electrons. The summed E-state index contributed by atoms with van der Waals surface area (Å²) in [6.45, 7) is 7.44. The Kier molecular flexibility index (Phi) is 5.24. The highest BCUT2D eigenvalue weighted by Crippen LogP contribution is 2.41. The largest absolute Gasteiger partial charge is 0.496 e. The molecule has 2 aromatic heterocycles. The van der Waals surface area contributed by atoms with Crippen molar-refractivity contribution in [1.29, 1.82) is 0 Å². The van der Waals surface area contributed by atoms with E-state index in [1.807, 2.05) is 34.2 Å². The van der Waals surface area contributed by atoms with Crippen molar-refractivity contribution in [2.45, 2.75) is 33.7 Å². The van der Waals surface area contributed by atoms with Gasteiger partial charge >= 0.3 is 0 Å². The quantitative estimate of drug-likeness (QED) is 0.616. The third-order valence-electron chi connectivity index (χ3n) is 5.15. The van der Waals surface area contributed by atoms with E-state index in [4.69, 9.17) is 9.72 Å². The summed E-state index contributed by atoms with van der Waals surface area (Å²) in [5.41, 5.74) is 4.13. The zero-order chi connectivity index (χ0) is 21.5. The number of nitrogens with zero attached hydrogens (tertiary/aromatic N) is 2. The van der Waals surface area contributed by atoms with Gasteiger partial charge < -0.3 is 14.6 Å². The first-order valence-corrected chi connectivity index (χ1v) is 10.8. The second kappa shape index (κ2) is 7.72. The Morgan fingerprint density at radius 2 is 2.17 bits per heavy atom. The molecule has 0 saturated heterocycles. The highest BCUT2D eigenvalue weighted by molar-refractivity contribution is 7.13. The minimum absolute atomic E-state index is 0.0222. The van der Waals surface area contributed by atoms with Gasteiger partial charge in [-0.15, -0.1) is 11.3 Å². The number of benzene rings is 1. The van der Waals surface area contributed by atoms with Crippen LogP contribution in [-0.4, -0.2) is 35.4 Å². The Morgan fingerprint density at radius 3 is 2.80 bits per heavy atom. The first-order valence-electron chi connectivity index (χ1n) is 9.91. The summed E-state index contributed by atoms with van der Waals surface area (Å²) in [6, 6.07) is 7.75. The first kappa shape index (κ1) is 20.3. The van der Waals surface area contributed by atoms with Crippen LogP contribution < -0.4 is 10.1 Å². The van der Waals surface area contributed by atoms with Crippen LogP contribution in [0.25, 0.3) is 21.8 Å². The van der Waals surface area contributed by atoms with Crippen molar-refractivity contribution in [3.8, 4) is 27.6 Å². The van der Waals surface area contributed by atoms with Crippen LogP contribution in [0.1, 0.15) is 47.3 Å². The number of ether oxygens (including phenoxy) is 1. The van der Waals surface area contributed by atoms with Gasteiger partial charge in [0.1, 0.15) is 11.4 Å². The molecule has 0 spiro atoms. The number of methoxy groups -OCH3 is 1. The van der Waals surface area contributed by atoms with E-state index < -0.39 is 0 Å². The summed E-state index contributed by atoms with van der Waals surface area (Å²) < 4.78 is 7.37. The number of aryl methyl sites for hydroxylation is 1. The lowest BCUT2D eigenvalue weighted by atomic mass is 9.94. The maximum absolute atomic E-state index is 13.0. The van der Waals surface area contributed by atoms with E-state index in [9.17, 15) is 9.59 Å². The Hall–Kier alpha value is -2.93. The van der Waals surface area contributed by atoms with Gasteiger partial charge in [0.2, 0.25) is 0 Å². The SMILES string of the molecule is COc1cc2c(cc1C=O)-c1c(-c3cccs3)nc(C(=O)NCC(C)(C)C)n1CC2. The summed E-state index contributed by atoms with van der Waals surface area (Å²) >= 11 is 1.58. The Labute approximate surface area is 179 Å². The van der Waals surface area contributed by atoms with Gasteiger partial charge in [-0.2, -0.15) is 0 Å². The molecular weight excluding hydrogens is 398 g/mol. The number of amides is 1. The van der Waals surface area contributed by atoms with Crippen LogP contribution in [0.5, 0.6) is 5.75 Å². The average Bonchev–Trinajstić information content (AvgIpc) is 3.38. The van der Waals surface area contributed by atoms with E-state index in [1.165, 1.54) is 0 Å². The number of hydrogen-bond donors (Lipinski definition) is 1. The van der Waals surface area contributed by atoms with Crippen LogP contribution in [0.15, 0.2) is 29.6 Å². The Morgan fingerprint density at radius 1 is 1.37 bits per heavy atom. The average molecular weight is 424 g/mol. The number of carbonyl (C=O) groups is 2. The molecule has 0 aliphatic carbocycles. The van der Waals surface area contributed by atoms with Crippen LogP contribution in [0.3, 0.4) is 0 Å². The van der Waals surface area contributed by atoms with Crippen LogP contribution in [0.4, 0.5) is 0 Å². The lowest BCUT2D eigenvalue weighted by Crippen LogP contribution is -2.34. The van der Waals surface area contributed by atoms with Crippen molar-refractivity contribution in [2.24, 2.45) is 5.41 Å². The maximum atomic E-state index is 13.0. The molecule has 1 aromatic carbocycles. The molecule has 30 heavy (non-hydrogen) atoms. The summed E-state index contributed by atoms with van der Waals surface area (Å²) in [6.07, 6.45) is 1.54. The Balaban J connectivity index is 1.88. The van der Waals surface area contributed by atoms with E-state index in [2.05, 4.69) is 26.1 Å². The highest BCUT2D eigenvalue weighted by Gasteiger charge is 2.30. The molecule has 0 atom stereocenters. The lowest BCUT2D eigenvalue weighted by Gasteiger charge is -2.23. The van der Waals surface area contributed by atoms with Crippen LogP contribution in [-0.2, 0) is 13.0 Å². The molecule has 1 aliphatic rings. The fourth-order valence-corrected chi connectivity index (χ4v) is 4.41. The van der Waals surface area contributed by atoms with Crippen LogP contribution in [0.2, 0.25) is 0 Å². The van der Waals surface area contributed by atoms with Crippen molar-refractivity contribution in [2.75, 3.05) is 13.7 Å². The van der Waals surface area contributed by atoms with Gasteiger partial charge in [-0.05, 0) is 41.0 Å². The molecule has 156 valence electrons. The molecule has 4 rings (SSSR count). The van der Waals surface area contributed by atoms with E-state index in [0.717, 1.165) is 40.1 Å². The topological polar surface area (TPSA) is 73.2 Å². The first-order chi connectivity index (χ1) is 14.3. The monoisotopic (exact) mass is 423 g/mol. The summed E-state index contributed by atoms with van der Waals surface area (Å²) in [4.78, 5) is 30.4. The van der Waals surface area contributed by atoms with Gasteiger partial charge in [-0.3, -0.25) is 9.59 Å². The molecule has 3 aromatic rings. The van der Waals surface area contributed by atoms with Crippen molar-refractivity contribution in [1.82, 2.24) is 14.9 Å². The predicted molar refractivity (Wildman–Crippen MR) is 118 cm³/mol. The third-order valence-corrected chi connectivity index (χ3v) is 6.02. The normalized spacial score (nSPS) is 12.8. The smallest absolute Gasteiger partial charge is 0.287 e. The highest BCUT2D eigenvalue weighted by atomic mass is 32.1. The lowest BCUT2D eigenvalue weighted by molar-refractivity contribution is 0.0924. The number of aldehydes is 1. The van der Waals surface area contributed by atoms with Crippen LogP contribution >= 0.6 is 11.3 Å². The number of imidazole rings is 1. The number of carbonyl (C=O) groups excluding carboxylic acids is 2. The van der Waals surface area contributed by atoms with Crippen molar-refractivity contribution in [3.63, 3.8) is 0 Å². The summed E-state index contributed by atoms with van der Waals surface area (Å²) in [7, 11) is 1.57. The number of hydrogen-bond acceptors (Lipinski definition) is 5. The van der Waals surface area contributed by atoms with Crippen LogP contribution in [0, 0.1) is 5.41 Å². The third kappa shape index (κ3) is 3.65. The van der Waals surface area contributed by atoms with E-state index in [1.54, 1.807) is 18.4 Å². The predicted octanol–water partition coefficient (Wildman–Crippen LogP) is 4.43. The second-order valence-corrected chi connectivity index (χ2v) is 9.57. The maximum Gasteiger partial charge on any atom is 0.287 e. The summed E-state index contributed by atoms with van der Waals surface area (Å²) in [5, 5.41) is 5.01. The van der Waals surface area contributed by atoms with E-state index in [-0.39, 0.29) is 11.3 Å². The molecule has 7 heteroatoms. The standard InChI is InChI=1S/C23H25N3O3S/c1-23(2,3)13-24-22(28)21-25-19(18-6-5-9-30-18)20-16-10-15(12-27)17(29-4)11-14(16)7-8-26(20)21/h5-6,9-12H,7-8,13H2,1-4H3,(H,24,28). The molecule has 1 N–H and O–H groups in total. The fraction of sp³-hybridized carbons (Fsp3) is 0.348. The number of rotatable bonds is 5. The van der Waals surface area contributed by atoms with Crippen molar-refractivity contribution >= 4 is 23.5 Å². The van der Waals surface area contributed by atoms with Gasteiger partial charge in [0, 0.05) is 18.7 Å². The van der Waals surface area contributed by atoms with Gasteiger partial charge in [-0.1, -0.05) is 26.8 Å². The molecule has 0 fully saturated rings. The number of nitrogens with one attached hydrogen (secondary N) is 1. The van der Waals surface area contributed by atoms with E-state index >= 15 is 0 Å². The molecular formula is C23H25N3O3S. The number of thiophene rings is 1. The molecule has 0 saturated carbocycles. The van der Waals surface area contributed by atoms with Gasteiger partial charge in [-0.25, -0.2) is 4.98 Å². The van der Waals surface area contributed by atoms with Gasteiger partial charge in [0.15, 0.2) is 12.1 Å². The molecule has 0 bridgehead atoms.